The minimum absolute atomic E-state index is 0.167. The Morgan fingerprint density at radius 2 is 1.94 bits per heavy atom. The van der Waals surface area contributed by atoms with Crippen molar-refractivity contribution in [2.45, 2.75) is 26.7 Å². The van der Waals surface area contributed by atoms with E-state index < -0.39 is 0 Å². The molecule has 0 heterocycles. The Morgan fingerprint density at radius 1 is 1.22 bits per heavy atom. The van der Waals surface area contributed by atoms with Crippen LogP contribution in [-0.2, 0) is 9.53 Å². The molecule has 0 unspecified atom stereocenters. The van der Waals surface area contributed by atoms with E-state index in [0.717, 1.165) is 35.5 Å². The summed E-state index contributed by atoms with van der Waals surface area (Å²) in [4.78, 5) is 11.0. The predicted molar refractivity (Wildman–Crippen MR) is 72.2 cm³/mol. The van der Waals surface area contributed by atoms with Crippen molar-refractivity contribution >= 4 is 11.7 Å². The lowest BCUT2D eigenvalue weighted by Gasteiger charge is -2.13. The number of benzene rings is 1. The minimum Gasteiger partial charge on any atom is -0.496 e. The van der Waals surface area contributed by atoms with Crippen molar-refractivity contribution in [3.63, 3.8) is 0 Å². The number of rotatable bonds is 6. The van der Waals surface area contributed by atoms with E-state index in [0.29, 0.717) is 6.42 Å². The molecule has 0 atom stereocenters. The van der Waals surface area contributed by atoms with Gasteiger partial charge in [0, 0.05) is 18.7 Å². The Morgan fingerprint density at radius 3 is 2.56 bits per heavy atom. The maximum Gasteiger partial charge on any atom is 0.305 e. The first-order chi connectivity index (χ1) is 8.58. The molecule has 1 N–H and O–H groups in total. The fourth-order valence-corrected chi connectivity index (χ4v) is 1.76. The molecule has 0 aliphatic rings. The third-order valence-corrected chi connectivity index (χ3v) is 2.84. The largest absolute Gasteiger partial charge is 0.496 e. The number of aryl methyl sites for hydroxylation is 2. The molecule has 100 valence electrons. The van der Waals surface area contributed by atoms with Crippen LogP contribution in [0.15, 0.2) is 12.1 Å². The van der Waals surface area contributed by atoms with Crippen LogP contribution in [-0.4, -0.2) is 26.7 Å². The van der Waals surface area contributed by atoms with E-state index in [-0.39, 0.29) is 5.97 Å². The highest BCUT2D eigenvalue weighted by molar-refractivity contribution is 5.69. The summed E-state index contributed by atoms with van der Waals surface area (Å²) in [7, 11) is 3.08. The number of hydrogen-bond donors (Lipinski definition) is 1. The molecule has 0 bridgehead atoms. The highest BCUT2D eigenvalue weighted by Crippen LogP contribution is 2.25. The van der Waals surface area contributed by atoms with Crippen LogP contribution in [0.2, 0.25) is 0 Å². The number of hydrogen-bond acceptors (Lipinski definition) is 4. The Labute approximate surface area is 108 Å². The molecule has 0 saturated heterocycles. The van der Waals surface area contributed by atoms with Gasteiger partial charge in [-0.05, 0) is 43.5 Å². The predicted octanol–water partition coefficient (Wildman–Crippen LogP) is 2.68. The van der Waals surface area contributed by atoms with Crippen LogP contribution in [0, 0.1) is 13.8 Å². The minimum atomic E-state index is -0.167. The van der Waals surface area contributed by atoms with Crippen LogP contribution in [0.3, 0.4) is 0 Å². The van der Waals surface area contributed by atoms with Gasteiger partial charge >= 0.3 is 5.97 Å². The Kier molecular flexibility index (Phi) is 5.49. The molecule has 18 heavy (non-hydrogen) atoms. The van der Waals surface area contributed by atoms with Gasteiger partial charge < -0.3 is 14.8 Å². The summed E-state index contributed by atoms with van der Waals surface area (Å²) in [5, 5.41) is 3.32. The Bertz CT molecular complexity index is 416. The van der Waals surface area contributed by atoms with E-state index in [1.807, 2.05) is 19.9 Å². The molecule has 0 saturated carbocycles. The number of methoxy groups -OCH3 is 2. The number of esters is 1. The van der Waals surface area contributed by atoms with Crippen LogP contribution < -0.4 is 10.1 Å². The standard InChI is InChI=1S/C14H21NO3/c1-10-9-13(17-3)11(2)8-12(10)15-7-5-6-14(16)18-4/h8-9,15H,5-7H2,1-4H3. The fourth-order valence-electron chi connectivity index (χ4n) is 1.76. The molecule has 0 spiro atoms. The topological polar surface area (TPSA) is 47.6 Å². The quantitative estimate of drug-likeness (QED) is 0.623. The van der Waals surface area contributed by atoms with Crippen LogP contribution in [0.4, 0.5) is 5.69 Å². The molecule has 4 nitrogen and oxygen atoms in total. The van der Waals surface area contributed by atoms with Gasteiger partial charge in [0.25, 0.3) is 0 Å². The summed E-state index contributed by atoms with van der Waals surface area (Å²) >= 11 is 0. The van der Waals surface area contributed by atoms with Crippen molar-refractivity contribution < 1.29 is 14.3 Å². The van der Waals surface area contributed by atoms with Gasteiger partial charge in [-0.3, -0.25) is 4.79 Å². The number of carbonyl (C=O) groups excluding carboxylic acids is 1. The molecule has 0 radical (unpaired) electrons. The van der Waals surface area contributed by atoms with Crippen LogP contribution in [0.25, 0.3) is 0 Å². The summed E-state index contributed by atoms with van der Waals surface area (Å²) in [5.41, 5.74) is 3.31. The summed E-state index contributed by atoms with van der Waals surface area (Å²) in [6.07, 6.45) is 1.20. The van der Waals surface area contributed by atoms with E-state index in [1.165, 1.54) is 7.11 Å². The van der Waals surface area contributed by atoms with Gasteiger partial charge in [0.1, 0.15) is 5.75 Å². The van der Waals surface area contributed by atoms with Crippen molar-refractivity contribution in [2.75, 3.05) is 26.1 Å². The average molecular weight is 251 g/mol. The van der Waals surface area contributed by atoms with Crippen molar-refractivity contribution in [2.24, 2.45) is 0 Å². The molecule has 0 aliphatic carbocycles. The van der Waals surface area contributed by atoms with Gasteiger partial charge in [-0.2, -0.15) is 0 Å². The number of carbonyl (C=O) groups is 1. The van der Waals surface area contributed by atoms with Gasteiger partial charge in [0.2, 0.25) is 0 Å². The first kappa shape index (κ1) is 14.4. The SMILES string of the molecule is COC(=O)CCCNc1cc(C)c(OC)cc1C. The smallest absolute Gasteiger partial charge is 0.305 e. The van der Waals surface area contributed by atoms with Crippen molar-refractivity contribution in [3.8, 4) is 5.75 Å². The Balaban J connectivity index is 2.52. The molecular formula is C14H21NO3. The zero-order chi connectivity index (χ0) is 13.5. The number of nitrogens with one attached hydrogen (secondary N) is 1. The van der Waals surface area contributed by atoms with Crippen LogP contribution in [0.5, 0.6) is 5.75 Å². The molecule has 0 aliphatic heterocycles. The van der Waals surface area contributed by atoms with Gasteiger partial charge in [-0.1, -0.05) is 0 Å². The van der Waals surface area contributed by atoms with Crippen LogP contribution in [0.1, 0.15) is 24.0 Å². The zero-order valence-electron chi connectivity index (χ0n) is 11.5. The summed E-state index contributed by atoms with van der Waals surface area (Å²) < 4.78 is 9.86. The third kappa shape index (κ3) is 3.95. The van der Waals surface area contributed by atoms with Crippen molar-refractivity contribution in [3.05, 3.63) is 23.3 Å². The monoisotopic (exact) mass is 251 g/mol. The molecule has 1 aromatic carbocycles. The highest BCUT2D eigenvalue weighted by Gasteiger charge is 2.05. The normalized spacial score (nSPS) is 10.0. The molecule has 4 heteroatoms. The molecule has 0 amide bonds. The first-order valence-electron chi connectivity index (χ1n) is 6.04. The number of ether oxygens (including phenoxy) is 2. The average Bonchev–Trinajstić information content (AvgIpc) is 2.37. The second-order valence-corrected chi connectivity index (χ2v) is 4.24. The van der Waals surface area contributed by atoms with E-state index in [4.69, 9.17) is 4.74 Å². The van der Waals surface area contributed by atoms with Gasteiger partial charge in [0.15, 0.2) is 0 Å². The second-order valence-electron chi connectivity index (χ2n) is 4.24. The lowest BCUT2D eigenvalue weighted by atomic mass is 10.1. The summed E-state index contributed by atoms with van der Waals surface area (Å²) in [6, 6.07) is 4.07. The highest BCUT2D eigenvalue weighted by atomic mass is 16.5. The zero-order valence-corrected chi connectivity index (χ0v) is 11.5. The van der Waals surface area contributed by atoms with E-state index in [9.17, 15) is 4.79 Å². The van der Waals surface area contributed by atoms with Gasteiger partial charge in [0.05, 0.1) is 14.2 Å². The molecule has 0 fully saturated rings. The fraction of sp³-hybridized carbons (Fsp3) is 0.500. The second kappa shape index (κ2) is 6.89. The maximum absolute atomic E-state index is 11.0. The van der Waals surface area contributed by atoms with Crippen molar-refractivity contribution in [1.82, 2.24) is 0 Å². The molecular weight excluding hydrogens is 230 g/mol. The van der Waals surface area contributed by atoms with Crippen LogP contribution >= 0.6 is 0 Å². The summed E-state index contributed by atoms with van der Waals surface area (Å²) in [5.74, 6) is 0.729. The third-order valence-electron chi connectivity index (χ3n) is 2.84. The van der Waals surface area contributed by atoms with Gasteiger partial charge in [-0.25, -0.2) is 0 Å². The maximum atomic E-state index is 11.0. The van der Waals surface area contributed by atoms with Gasteiger partial charge in [-0.15, -0.1) is 0 Å². The Hall–Kier alpha value is -1.71. The molecule has 0 aromatic heterocycles. The molecule has 1 aromatic rings. The first-order valence-corrected chi connectivity index (χ1v) is 6.04. The lowest BCUT2D eigenvalue weighted by molar-refractivity contribution is -0.140. The number of anilines is 1. The molecule has 1 rings (SSSR count). The summed E-state index contributed by atoms with van der Waals surface area (Å²) in [6.45, 7) is 4.80. The lowest BCUT2D eigenvalue weighted by Crippen LogP contribution is -2.07. The van der Waals surface area contributed by atoms with E-state index in [2.05, 4.69) is 16.1 Å². The van der Waals surface area contributed by atoms with E-state index in [1.54, 1.807) is 7.11 Å². The van der Waals surface area contributed by atoms with Crippen molar-refractivity contribution in [1.29, 1.82) is 0 Å². The van der Waals surface area contributed by atoms with E-state index >= 15 is 0 Å².